The Bertz CT molecular complexity index is 243. The maximum atomic E-state index is 5.20. The van der Waals surface area contributed by atoms with Crippen molar-refractivity contribution in [2.45, 2.75) is 6.42 Å². The van der Waals surface area contributed by atoms with Gasteiger partial charge in [-0.05, 0) is 18.6 Å². The minimum Gasteiger partial charge on any atom is -0.458 e. The van der Waals surface area contributed by atoms with Crippen molar-refractivity contribution in [3.05, 3.63) is 48.3 Å². The third kappa shape index (κ3) is 1.19. The summed E-state index contributed by atoms with van der Waals surface area (Å²) in [5.74, 6) is 1.56. The summed E-state index contributed by atoms with van der Waals surface area (Å²) in [6.45, 7) is 0. The molecule has 0 aromatic carbocycles. The summed E-state index contributed by atoms with van der Waals surface area (Å²) in [6.07, 6.45) is 11.9. The van der Waals surface area contributed by atoms with Crippen molar-refractivity contribution in [3.8, 4) is 0 Å². The number of ether oxygens (including phenoxy) is 2. The molecule has 1 aliphatic heterocycles. The highest BCUT2D eigenvalue weighted by molar-refractivity contribution is 5.30. The smallest absolute Gasteiger partial charge is 0.168 e. The van der Waals surface area contributed by atoms with Crippen LogP contribution >= 0.6 is 0 Å². The molecule has 0 aromatic heterocycles. The average molecular weight is 148 g/mol. The lowest BCUT2D eigenvalue weighted by Crippen LogP contribution is -1.95. The van der Waals surface area contributed by atoms with Crippen LogP contribution in [0.5, 0.6) is 0 Å². The molecule has 2 nitrogen and oxygen atoms in total. The van der Waals surface area contributed by atoms with Gasteiger partial charge >= 0.3 is 0 Å². The average Bonchev–Trinajstić information content (AvgIpc) is 2.28. The van der Waals surface area contributed by atoms with E-state index >= 15 is 0 Å². The highest BCUT2D eigenvalue weighted by Gasteiger charge is 2.07. The van der Waals surface area contributed by atoms with E-state index in [2.05, 4.69) is 0 Å². The minimum atomic E-state index is 0.779. The zero-order valence-corrected chi connectivity index (χ0v) is 5.99. The highest BCUT2D eigenvalue weighted by atomic mass is 16.5. The van der Waals surface area contributed by atoms with Gasteiger partial charge in [-0.3, -0.25) is 0 Å². The van der Waals surface area contributed by atoms with Gasteiger partial charge in [-0.2, -0.15) is 0 Å². The van der Waals surface area contributed by atoms with Gasteiger partial charge in [0.05, 0.1) is 0 Å². The molecular formula is C9H8O2. The SMILES string of the molecule is C1=CC2=C(C=CC1)OC=CO2. The first kappa shape index (κ1) is 6.28. The molecule has 56 valence electrons. The van der Waals surface area contributed by atoms with Crippen LogP contribution in [0.15, 0.2) is 48.3 Å². The van der Waals surface area contributed by atoms with Gasteiger partial charge in [0.2, 0.25) is 0 Å². The van der Waals surface area contributed by atoms with Crippen molar-refractivity contribution in [1.82, 2.24) is 0 Å². The quantitative estimate of drug-likeness (QED) is 0.524. The van der Waals surface area contributed by atoms with Crippen LogP contribution in [0.25, 0.3) is 0 Å². The molecule has 2 aliphatic rings. The van der Waals surface area contributed by atoms with Gasteiger partial charge in [-0.25, -0.2) is 0 Å². The number of hydrogen-bond donors (Lipinski definition) is 0. The van der Waals surface area contributed by atoms with Gasteiger partial charge in [0.25, 0.3) is 0 Å². The van der Waals surface area contributed by atoms with Crippen LogP contribution in [-0.4, -0.2) is 0 Å². The van der Waals surface area contributed by atoms with E-state index < -0.39 is 0 Å². The van der Waals surface area contributed by atoms with Gasteiger partial charge in [0.15, 0.2) is 11.5 Å². The largest absolute Gasteiger partial charge is 0.458 e. The van der Waals surface area contributed by atoms with E-state index in [1.807, 2.05) is 24.3 Å². The zero-order valence-electron chi connectivity index (χ0n) is 5.99. The Labute approximate surface area is 65.1 Å². The van der Waals surface area contributed by atoms with E-state index in [1.54, 1.807) is 0 Å². The molecule has 2 heteroatoms. The van der Waals surface area contributed by atoms with Gasteiger partial charge in [0, 0.05) is 0 Å². The number of allylic oxidation sites excluding steroid dienone is 4. The highest BCUT2D eigenvalue weighted by Crippen LogP contribution is 2.19. The first-order chi connectivity index (χ1) is 5.47. The molecule has 1 aliphatic carbocycles. The second kappa shape index (κ2) is 2.66. The van der Waals surface area contributed by atoms with Gasteiger partial charge in [0.1, 0.15) is 12.5 Å². The normalized spacial score (nSPS) is 20.4. The van der Waals surface area contributed by atoms with E-state index in [9.17, 15) is 0 Å². The van der Waals surface area contributed by atoms with Crippen LogP contribution in [0, 0.1) is 0 Å². The predicted molar refractivity (Wildman–Crippen MR) is 41.2 cm³/mol. The molecule has 0 bridgehead atoms. The Morgan fingerprint density at radius 1 is 0.909 bits per heavy atom. The molecule has 0 saturated heterocycles. The fraction of sp³-hybridized carbons (Fsp3) is 0.111. The first-order valence-electron chi connectivity index (χ1n) is 3.52. The lowest BCUT2D eigenvalue weighted by atomic mass is 10.4. The summed E-state index contributed by atoms with van der Waals surface area (Å²) in [5.41, 5.74) is 0. The van der Waals surface area contributed by atoms with Crippen LogP contribution in [0.2, 0.25) is 0 Å². The third-order valence-electron chi connectivity index (χ3n) is 1.50. The van der Waals surface area contributed by atoms with Crippen molar-refractivity contribution >= 4 is 0 Å². The van der Waals surface area contributed by atoms with E-state index in [0.29, 0.717) is 0 Å². The molecule has 0 unspecified atom stereocenters. The van der Waals surface area contributed by atoms with Crippen LogP contribution < -0.4 is 0 Å². The van der Waals surface area contributed by atoms with Gasteiger partial charge < -0.3 is 9.47 Å². The Morgan fingerprint density at radius 3 is 2.00 bits per heavy atom. The summed E-state index contributed by atoms with van der Waals surface area (Å²) in [5, 5.41) is 0. The third-order valence-corrected chi connectivity index (χ3v) is 1.50. The monoisotopic (exact) mass is 148 g/mol. The number of hydrogen-bond acceptors (Lipinski definition) is 2. The molecule has 0 fully saturated rings. The molecule has 2 rings (SSSR count). The fourth-order valence-corrected chi connectivity index (χ4v) is 0.990. The summed E-state index contributed by atoms with van der Waals surface area (Å²) in [4.78, 5) is 0. The van der Waals surface area contributed by atoms with E-state index in [-0.39, 0.29) is 0 Å². The van der Waals surface area contributed by atoms with Crippen molar-refractivity contribution in [2.24, 2.45) is 0 Å². The molecule has 0 radical (unpaired) electrons. The molecule has 0 N–H and O–H groups in total. The Kier molecular flexibility index (Phi) is 1.52. The second-order valence-corrected chi connectivity index (χ2v) is 2.28. The molecule has 11 heavy (non-hydrogen) atoms. The zero-order chi connectivity index (χ0) is 7.52. The van der Waals surface area contributed by atoms with Crippen LogP contribution in [0.3, 0.4) is 0 Å². The summed E-state index contributed by atoms with van der Waals surface area (Å²) in [6, 6.07) is 0. The molecule has 0 atom stereocenters. The molecular weight excluding hydrogens is 140 g/mol. The second-order valence-electron chi connectivity index (χ2n) is 2.28. The van der Waals surface area contributed by atoms with Gasteiger partial charge in [-0.1, -0.05) is 12.2 Å². The summed E-state index contributed by atoms with van der Waals surface area (Å²) in [7, 11) is 0. The van der Waals surface area contributed by atoms with Crippen molar-refractivity contribution in [2.75, 3.05) is 0 Å². The molecule has 0 spiro atoms. The van der Waals surface area contributed by atoms with E-state index in [1.165, 1.54) is 12.5 Å². The molecule has 0 saturated carbocycles. The van der Waals surface area contributed by atoms with Crippen LogP contribution in [-0.2, 0) is 9.47 Å². The maximum Gasteiger partial charge on any atom is 0.168 e. The topological polar surface area (TPSA) is 18.5 Å². The first-order valence-corrected chi connectivity index (χ1v) is 3.52. The molecule has 0 amide bonds. The Balaban J connectivity index is 2.33. The lowest BCUT2D eigenvalue weighted by Gasteiger charge is -2.10. The standard InChI is InChI=1S/C9H8O2/c1-2-4-8-9(5-3-1)11-7-6-10-8/h2-7H,1H2. The maximum absolute atomic E-state index is 5.20. The fourth-order valence-electron chi connectivity index (χ4n) is 0.990. The molecule has 1 heterocycles. The predicted octanol–water partition coefficient (Wildman–Crippen LogP) is 2.23. The van der Waals surface area contributed by atoms with Crippen LogP contribution in [0.4, 0.5) is 0 Å². The molecule has 0 aromatic rings. The van der Waals surface area contributed by atoms with E-state index in [0.717, 1.165) is 17.9 Å². The van der Waals surface area contributed by atoms with E-state index in [4.69, 9.17) is 9.47 Å². The summed E-state index contributed by atoms with van der Waals surface area (Å²) < 4.78 is 10.4. The van der Waals surface area contributed by atoms with Crippen molar-refractivity contribution in [1.29, 1.82) is 0 Å². The van der Waals surface area contributed by atoms with Gasteiger partial charge in [-0.15, -0.1) is 0 Å². The summed E-state index contributed by atoms with van der Waals surface area (Å²) >= 11 is 0. The van der Waals surface area contributed by atoms with Crippen molar-refractivity contribution < 1.29 is 9.47 Å². The van der Waals surface area contributed by atoms with Crippen molar-refractivity contribution in [3.63, 3.8) is 0 Å². The van der Waals surface area contributed by atoms with Crippen LogP contribution in [0.1, 0.15) is 6.42 Å². The minimum absolute atomic E-state index is 0.779. The Hall–Kier alpha value is -1.44. The number of rotatable bonds is 0. The lowest BCUT2D eigenvalue weighted by molar-refractivity contribution is 0.248. The Morgan fingerprint density at radius 2 is 1.45 bits per heavy atom.